The molecule has 0 atom stereocenters. The summed E-state index contributed by atoms with van der Waals surface area (Å²) in [6.07, 6.45) is 3.56. The topological polar surface area (TPSA) is 30.7 Å². The second-order valence-corrected chi connectivity index (χ2v) is 4.88. The zero-order chi connectivity index (χ0) is 11.3. The van der Waals surface area contributed by atoms with Crippen molar-refractivity contribution in [2.45, 2.75) is 0 Å². The molecule has 0 aliphatic heterocycles. The molecule has 0 radical (unpaired) electrons. The van der Waals surface area contributed by atoms with Crippen LogP contribution in [-0.4, -0.2) is 14.5 Å². The second kappa shape index (κ2) is 3.43. The van der Waals surface area contributed by atoms with E-state index in [1.54, 1.807) is 12.5 Å². The molecule has 0 unspecified atom stereocenters. The van der Waals surface area contributed by atoms with Crippen molar-refractivity contribution in [1.29, 1.82) is 0 Å². The van der Waals surface area contributed by atoms with Crippen LogP contribution in [0.25, 0.3) is 21.8 Å². The van der Waals surface area contributed by atoms with Crippen LogP contribution < -0.4 is 0 Å². The number of imidazole rings is 1. The molecule has 0 aliphatic rings. The number of aromatic nitrogens is 3. The smallest absolute Gasteiger partial charge is 0.129 e. The van der Waals surface area contributed by atoms with E-state index < -0.39 is 0 Å². The molecular weight excluding hydrogens is 289 g/mol. The zero-order valence-corrected chi connectivity index (χ0v) is 10.7. The van der Waals surface area contributed by atoms with Gasteiger partial charge in [0.25, 0.3) is 0 Å². The second-order valence-electron chi connectivity index (χ2n) is 3.64. The van der Waals surface area contributed by atoms with Crippen molar-refractivity contribution < 1.29 is 0 Å². The van der Waals surface area contributed by atoms with Gasteiger partial charge in [-0.05, 0) is 28.1 Å². The Bertz CT molecular complexity index is 705. The van der Waals surface area contributed by atoms with Gasteiger partial charge in [0, 0.05) is 28.5 Å². The third-order valence-corrected chi connectivity index (χ3v) is 3.41. The van der Waals surface area contributed by atoms with E-state index in [4.69, 9.17) is 11.6 Å². The van der Waals surface area contributed by atoms with Crippen LogP contribution in [0.5, 0.6) is 0 Å². The lowest BCUT2D eigenvalue weighted by molar-refractivity contribution is 0.946. The maximum absolute atomic E-state index is 5.91. The summed E-state index contributed by atoms with van der Waals surface area (Å²) in [6.45, 7) is 0. The Kier molecular flexibility index (Phi) is 2.16. The fraction of sp³-hybridized carbons (Fsp3) is 0.0909. The molecule has 0 aliphatic carbocycles. The van der Waals surface area contributed by atoms with Crippen LogP contribution in [0.3, 0.4) is 0 Å². The summed E-state index contributed by atoms with van der Waals surface area (Å²) >= 11 is 9.45. The monoisotopic (exact) mass is 295 g/mol. The van der Waals surface area contributed by atoms with Gasteiger partial charge >= 0.3 is 0 Å². The van der Waals surface area contributed by atoms with Crippen LogP contribution in [0.4, 0.5) is 0 Å². The van der Waals surface area contributed by atoms with Crippen molar-refractivity contribution in [3.8, 4) is 0 Å². The molecule has 1 aromatic carbocycles. The zero-order valence-electron chi connectivity index (χ0n) is 8.41. The first-order chi connectivity index (χ1) is 7.66. The van der Waals surface area contributed by atoms with Crippen molar-refractivity contribution in [1.82, 2.24) is 14.5 Å². The number of hydrogen-bond acceptors (Lipinski definition) is 2. The first-order valence-corrected chi connectivity index (χ1v) is 5.88. The summed E-state index contributed by atoms with van der Waals surface area (Å²) in [4.78, 5) is 8.47. The molecule has 0 amide bonds. The molecule has 0 fully saturated rings. The molecule has 80 valence electrons. The maximum atomic E-state index is 5.91. The highest BCUT2D eigenvalue weighted by molar-refractivity contribution is 9.10. The Labute approximate surface area is 105 Å². The predicted octanol–water partition coefficient (Wildman–Crippen LogP) is 3.54. The first-order valence-electron chi connectivity index (χ1n) is 4.71. The highest BCUT2D eigenvalue weighted by atomic mass is 79.9. The molecule has 3 nitrogen and oxygen atoms in total. The summed E-state index contributed by atoms with van der Waals surface area (Å²) in [5.74, 6) is 0. The molecule has 5 heteroatoms. The summed E-state index contributed by atoms with van der Waals surface area (Å²) in [7, 11) is 1.97. The van der Waals surface area contributed by atoms with Gasteiger partial charge in [-0.15, -0.1) is 0 Å². The summed E-state index contributed by atoms with van der Waals surface area (Å²) in [5.41, 5.74) is 2.01. The van der Waals surface area contributed by atoms with E-state index in [2.05, 4.69) is 25.9 Å². The summed E-state index contributed by atoms with van der Waals surface area (Å²) < 4.78 is 2.99. The van der Waals surface area contributed by atoms with E-state index in [0.717, 1.165) is 26.3 Å². The van der Waals surface area contributed by atoms with Crippen molar-refractivity contribution in [3.63, 3.8) is 0 Å². The number of nitrogens with zero attached hydrogens (tertiary/aromatic N) is 3. The van der Waals surface area contributed by atoms with E-state index in [1.165, 1.54) is 0 Å². The van der Waals surface area contributed by atoms with Crippen molar-refractivity contribution in [2.75, 3.05) is 0 Å². The summed E-state index contributed by atoms with van der Waals surface area (Å²) in [6, 6.07) is 3.88. The molecule has 2 heterocycles. The third-order valence-electron chi connectivity index (χ3n) is 2.60. The number of aryl methyl sites for hydroxylation is 1. The molecule has 0 spiro atoms. The maximum Gasteiger partial charge on any atom is 0.129 e. The number of rotatable bonds is 0. The molecule has 0 saturated carbocycles. The largest absolute Gasteiger partial charge is 0.333 e. The van der Waals surface area contributed by atoms with Crippen LogP contribution >= 0.6 is 27.5 Å². The van der Waals surface area contributed by atoms with E-state index >= 15 is 0 Å². The van der Waals surface area contributed by atoms with Crippen molar-refractivity contribution >= 4 is 49.3 Å². The molecular formula is C11H7BrClN3. The third kappa shape index (κ3) is 1.33. The lowest BCUT2D eigenvalue weighted by Crippen LogP contribution is -1.86. The normalized spacial score (nSPS) is 11.4. The summed E-state index contributed by atoms with van der Waals surface area (Å²) in [5, 5.41) is 2.54. The van der Waals surface area contributed by atoms with Crippen LogP contribution in [0.1, 0.15) is 0 Å². The van der Waals surface area contributed by atoms with E-state index in [0.29, 0.717) is 5.15 Å². The van der Waals surface area contributed by atoms with E-state index in [9.17, 15) is 0 Å². The SMILES string of the molecule is Cn1cnc2c3cc(Cl)ncc3cc(Br)c21. The van der Waals surface area contributed by atoms with Crippen LogP contribution in [0.2, 0.25) is 5.15 Å². The molecule has 3 aromatic rings. The van der Waals surface area contributed by atoms with Gasteiger partial charge in [-0.2, -0.15) is 0 Å². The average molecular weight is 297 g/mol. The van der Waals surface area contributed by atoms with Crippen molar-refractivity contribution in [3.05, 3.63) is 34.3 Å². The van der Waals surface area contributed by atoms with Gasteiger partial charge in [0.2, 0.25) is 0 Å². The standard InChI is InChI=1S/C11H7BrClN3/c1-16-5-15-10-7-3-9(13)14-4-6(7)2-8(12)11(10)16/h2-5H,1H3. The van der Waals surface area contributed by atoms with Crippen molar-refractivity contribution in [2.24, 2.45) is 7.05 Å². The van der Waals surface area contributed by atoms with Gasteiger partial charge in [-0.25, -0.2) is 9.97 Å². The Morgan fingerprint density at radius 1 is 1.31 bits per heavy atom. The first kappa shape index (κ1) is 10.1. The van der Waals surface area contributed by atoms with Crippen LogP contribution in [0.15, 0.2) is 29.1 Å². The molecule has 0 bridgehead atoms. The minimum Gasteiger partial charge on any atom is -0.333 e. The molecule has 0 N–H and O–H groups in total. The number of fused-ring (bicyclic) bond motifs is 3. The minimum absolute atomic E-state index is 0.488. The highest BCUT2D eigenvalue weighted by Gasteiger charge is 2.09. The number of hydrogen-bond donors (Lipinski definition) is 0. The van der Waals surface area contributed by atoms with Gasteiger partial charge in [-0.3, -0.25) is 0 Å². The quantitative estimate of drug-likeness (QED) is 0.594. The Morgan fingerprint density at radius 2 is 2.12 bits per heavy atom. The van der Waals surface area contributed by atoms with Gasteiger partial charge < -0.3 is 4.57 Å². The molecule has 16 heavy (non-hydrogen) atoms. The Hall–Kier alpha value is -1.13. The number of pyridine rings is 1. The molecule has 2 aromatic heterocycles. The molecule has 0 saturated heterocycles. The van der Waals surface area contributed by atoms with Crippen LogP contribution in [-0.2, 0) is 7.05 Å². The number of benzene rings is 1. The van der Waals surface area contributed by atoms with Gasteiger partial charge in [-0.1, -0.05) is 11.6 Å². The fourth-order valence-electron chi connectivity index (χ4n) is 1.87. The minimum atomic E-state index is 0.488. The highest BCUT2D eigenvalue weighted by Crippen LogP contribution is 2.31. The Morgan fingerprint density at radius 3 is 2.94 bits per heavy atom. The van der Waals surface area contributed by atoms with Gasteiger partial charge in [0.15, 0.2) is 0 Å². The van der Waals surface area contributed by atoms with E-state index in [-0.39, 0.29) is 0 Å². The lowest BCUT2D eigenvalue weighted by Gasteiger charge is -2.03. The van der Waals surface area contributed by atoms with Crippen LogP contribution in [0, 0.1) is 0 Å². The van der Waals surface area contributed by atoms with E-state index in [1.807, 2.05) is 23.7 Å². The lowest BCUT2D eigenvalue weighted by atomic mass is 10.1. The average Bonchev–Trinajstić information content (AvgIpc) is 2.63. The predicted molar refractivity (Wildman–Crippen MR) is 68.7 cm³/mol. The number of halogens is 2. The Balaban J connectivity index is 2.61. The van der Waals surface area contributed by atoms with Gasteiger partial charge in [0.05, 0.1) is 17.4 Å². The molecule has 3 rings (SSSR count). The fourth-order valence-corrected chi connectivity index (χ4v) is 2.75. The van der Waals surface area contributed by atoms with Gasteiger partial charge in [0.1, 0.15) is 5.15 Å².